The summed E-state index contributed by atoms with van der Waals surface area (Å²) in [6.07, 6.45) is 2.55. The average molecular weight is 443 g/mol. The second-order valence-corrected chi connectivity index (χ2v) is 8.46. The van der Waals surface area contributed by atoms with Crippen LogP contribution in [0.15, 0.2) is 60.7 Å². The van der Waals surface area contributed by atoms with E-state index in [1.54, 1.807) is 12.1 Å². The van der Waals surface area contributed by atoms with Gasteiger partial charge in [0, 0.05) is 22.6 Å². The molecule has 1 aliphatic carbocycles. The Morgan fingerprint density at radius 2 is 1.79 bits per heavy atom. The van der Waals surface area contributed by atoms with Gasteiger partial charge in [0.25, 0.3) is 0 Å². The minimum atomic E-state index is -0.601. The van der Waals surface area contributed by atoms with Crippen LogP contribution in [0.3, 0.4) is 0 Å². The molecule has 0 radical (unpaired) electrons. The molecule has 0 bridgehead atoms. The standard InChI is InChI=1S/C27H25NO5/c1-3-32-26(30)27(15-6-16-27)23-19-7-4-5-8-22(19)33-24-20(23)13-14-21(28-24)17-9-11-18(12-10-17)25(29)31-2/h4-5,7-14,23H,3,6,15-16H2,1-2H3. The van der Waals surface area contributed by atoms with Crippen LogP contribution in [0.5, 0.6) is 11.6 Å². The molecular formula is C27H25NO5. The quantitative estimate of drug-likeness (QED) is 0.484. The van der Waals surface area contributed by atoms with Crippen LogP contribution in [-0.4, -0.2) is 30.6 Å². The topological polar surface area (TPSA) is 74.7 Å². The fraction of sp³-hybridized carbons (Fsp3) is 0.296. The number of hydrogen-bond acceptors (Lipinski definition) is 6. The molecule has 6 heteroatoms. The maximum absolute atomic E-state index is 13.1. The largest absolute Gasteiger partial charge is 0.466 e. The summed E-state index contributed by atoms with van der Waals surface area (Å²) < 4.78 is 16.5. The van der Waals surface area contributed by atoms with Crippen LogP contribution < -0.4 is 4.74 Å². The molecule has 168 valence electrons. The van der Waals surface area contributed by atoms with Gasteiger partial charge in [-0.05, 0) is 44.0 Å². The Morgan fingerprint density at radius 3 is 2.45 bits per heavy atom. The maximum Gasteiger partial charge on any atom is 0.337 e. The SMILES string of the molecule is CCOC(=O)C1(C2c3ccccc3Oc3nc(-c4ccc(C(=O)OC)cc4)ccc32)CCC1. The number of fused-ring (bicyclic) bond motifs is 2. The first-order valence-electron chi connectivity index (χ1n) is 11.2. The summed E-state index contributed by atoms with van der Waals surface area (Å²) in [6, 6.07) is 18.9. The van der Waals surface area contributed by atoms with Crippen molar-refractivity contribution in [2.45, 2.75) is 32.1 Å². The first-order valence-corrected chi connectivity index (χ1v) is 11.2. The van der Waals surface area contributed by atoms with Gasteiger partial charge in [0.15, 0.2) is 0 Å². The Bertz CT molecular complexity index is 1210. The Kier molecular flexibility index (Phi) is 5.36. The first kappa shape index (κ1) is 21.2. The van der Waals surface area contributed by atoms with Crippen molar-refractivity contribution in [1.29, 1.82) is 0 Å². The van der Waals surface area contributed by atoms with Gasteiger partial charge in [-0.15, -0.1) is 0 Å². The van der Waals surface area contributed by atoms with Crippen molar-refractivity contribution in [3.8, 4) is 22.9 Å². The van der Waals surface area contributed by atoms with Crippen molar-refractivity contribution in [2.75, 3.05) is 13.7 Å². The van der Waals surface area contributed by atoms with Crippen LogP contribution >= 0.6 is 0 Å². The van der Waals surface area contributed by atoms with Crippen molar-refractivity contribution in [3.05, 3.63) is 77.4 Å². The Morgan fingerprint density at radius 1 is 1.03 bits per heavy atom. The predicted molar refractivity (Wildman–Crippen MR) is 122 cm³/mol. The molecule has 3 aromatic rings. The lowest BCUT2D eigenvalue weighted by atomic mass is 9.57. The number of ether oxygens (including phenoxy) is 3. The van der Waals surface area contributed by atoms with E-state index in [4.69, 9.17) is 19.2 Å². The van der Waals surface area contributed by atoms with Crippen molar-refractivity contribution < 1.29 is 23.8 Å². The van der Waals surface area contributed by atoms with Crippen molar-refractivity contribution in [3.63, 3.8) is 0 Å². The number of rotatable bonds is 5. The molecule has 2 heterocycles. The number of methoxy groups -OCH3 is 1. The highest BCUT2D eigenvalue weighted by Crippen LogP contribution is 2.60. The van der Waals surface area contributed by atoms with Gasteiger partial charge in [-0.25, -0.2) is 9.78 Å². The fourth-order valence-corrected chi connectivity index (χ4v) is 4.93. The number of para-hydroxylation sites is 1. The summed E-state index contributed by atoms with van der Waals surface area (Å²) in [4.78, 5) is 29.7. The number of carbonyl (C=O) groups excluding carboxylic acids is 2. The van der Waals surface area contributed by atoms with Gasteiger partial charge in [0.1, 0.15) is 5.75 Å². The zero-order chi connectivity index (χ0) is 23.0. The number of benzene rings is 2. The number of nitrogens with zero attached hydrogens (tertiary/aromatic N) is 1. The lowest BCUT2D eigenvalue weighted by molar-refractivity contribution is -0.162. The molecule has 6 nitrogen and oxygen atoms in total. The number of aromatic nitrogens is 1. The molecule has 0 saturated heterocycles. The molecule has 1 fully saturated rings. The highest BCUT2D eigenvalue weighted by Gasteiger charge is 2.55. The van der Waals surface area contributed by atoms with E-state index in [1.807, 2.05) is 55.5 Å². The van der Waals surface area contributed by atoms with Gasteiger partial charge in [-0.2, -0.15) is 0 Å². The summed E-state index contributed by atoms with van der Waals surface area (Å²) in [7, 11) is 1.36. The van der Waals surface area contributed by atoms with E-state index in [0.717, 1.165) is 47.4 Å². The number of esters is 2. The van der Waals surface area contributed by atoms with E-state index in [2.05, 4.69) is 0 Å². The van der Waals surface area contributed by atoms with Crippen LogP contribution in [0.2, 0.25) is 0 Å². The van der Waals surface area contributed by atoms with Gasteiger partial charge in [0.2, 0.25) is 5.88 Å². The van der Waals surface area contributed by atoms with Crippen molar-refractivity contribution >= 4 is 11.9 Å². The summed E-state index contributed by atoms with van der Waals surface area (Å²) >= 11 is 0. The Labute approximate surface area is 192 Å². The molecule has 5 rings (SSSR count). The third kappa shape index (κ3) is 3.46. The molecule has 0 N–H and O–H groups in total. The van der Waals surface area contributed by atoms with E-state index >= 15 is 0 Å². The average Bonchev–Trinajstić information content (AvgIpc) is 2.82. The monoisotopic (exact) mass is 443 g/mol. The molecule has 2 aromatic carbocycles. The zero-order valence-corrected chi connectivity index (χ0v) is 18.7. The number of pyridine rings is 1. The van der Waals surface area contributed by atoms with E-state index in [9.17, 15) is 9.59 Å². The molecular weight excluding hydrogens is 418 g/mol. The molecule has 1 atom stereocenters. The zero-order valence-electron chi connectivity index (χ0n) is 18.7. The summed E-state index contributed by atoms with van der Waals surface area (Å²) in [5, 5.41) is 0. The van der Waals surface area contributed by atoms with Gasteiger partial charge < -0.3 is 14.2 Å². The predicted octanol–water partition coefficient (Wildman–Crippen LogP) is 5.51. The van der Waals surface area contributed by atoms with E-state index in [0.29, 0.717) is 18.1 Å². The number of carbonyl (C=O) groups is 2. The molecule has 33 heavy (non-hydrogen) atoms. The lowest BCUT2D eigenvalue weighted by Crippen LogP contribution is -2.45. The Balaban J connectivity index is 1.58. The van der Waals surface area contributed by atoms with Gasteiger partial charge in [-0.1, -0.05) is 42.8 Å². The second kappa shape index (κ2) is 8.35. The van der Waals surface area contributed by atoms with E-state index in [1.165, 1.54) is 7.11 Å². The van der Waals surface area contributed by atoms with Crippen LogP contribution in [0.1, 0.15) is 53.6 Å². The van der Waals surface area contributed by atoms with Crippen LogP contribution in [0.4, 0.5) is 0 Å². The third-order valence-electron chi connectivity index (χ3n) is 6.72. The highest BCUT2D eigenvalue weighted by atomic mass is 16.5. The molecule has 1 aromatic heterocycles. The molecule has 1 aliphatic heterocycles. The summed E-state index contributed by atoms with van der Waals surface area (Å²) in [5.74, 6) is 0.521. The first-order chi connectivity index (χ1) is 16.1. The Hall–Kier alpha value is -3.67. The fourth-order valence-electron chi connectivity index (χ4n) is 4.93. The van der Waals surface area contributed by atoms with Crippen molar-refractivity contribution in [2.24, 2.45) is 5.41 Å². The molecule has 1 saturated carbocycles. The smallest absolute Gasteiger partial charge is 0.337 e. The van der Waals surface area contributed by atoms with Gasteiger partial charge in [0.05, 0.1) is 30.4 Å². The van der Waals surface area contributed by atoms with E-state index < -0.39 is 5.41 Å². The molecule has 1 unspecified atom stereocenters. The molecule has 0 amide bonds. The highest BCUT2D eigenvalue weighted by molar-refractivity contribution is 5.90. The molecule has 2 aliphatic rings. The summed E-state index contributed by atoms with van der Waals surface area (Å²) in [5.41, 5.74) is 3.35. The second-order valence-electron chi connectivity index (χ2n) is 8.46. The summed E-state index contributed by atoms with van der Waals surface area (Å²) in [6.45, 7) is 2.20. The third-order valence-corrected chi connectivity index (χ3v) is 6.72. The molecule has 0 spiro atoms. The number of hydrogen-bond donors (Lipinski definition) is 0. The van der Waals surface area contributed by atoms with Gasteiger partial charge >= 0.3 is 11.9 Å². The minimum absolute atomic E-state index is 0.147. The van der Waals surface area contributed by atoms with Crippen LogP contribution in [0.25, 0.3) is 11.3 Å². The minimum Gasteiger partial charge on any atom is -0.466 e. The lowest BCUT2D eigenvalue weighted by Gasteiger charge is -2.47. The normalized spacial score (nSPS) is 17.6. The maximum atomic E-state index is 13.1. The van der Waals surface area contributed by atoms with E-state index in [-0.39, 0.29) is 17.9 Å². The van der Waals surface area contributed by atoms with Gasteiger partial charge in [-0.3, -0.25) is 4.79 Å². The van der Waals surface area contributed by atoms with Crippen LogP contribution in [-0.2, 0) is 14.3 Å². The van der Waals surface area contributed by atoms with Crippen LogP contribution in [0, 0.1) is 5.41 Å². The van der Waals surface area contributed by atoms with Crippen molar-refractivity contribution in [1.82, 2.24) is 4.98 Å².